The molecule has 0 aliphatic carbocycles. The molecule has 1 saturated heterocycles. The second-order valence-corrected chi connectivity index (χ2v) is 10.0. The summed E-state index contributed by atoms with van der Waals surface area (Å²) in [7, 11) is 3.16. The number of benzene rings is 4. The molecule has 0 spiro atoms. The van der Waals surface area contributed by atoms with E-state index in [-0.39, 0.29) is 17.3 Å². The second-order valence-electron chi connectivity index (χ2n) is 10.0. The van der Waals surface area contributed by atoms with Crippen LogP contribution in [-0.2, 0) is 9.59 Å². The minimum absolute atomic E-state index is 0.0437. The summed E-state index contributed by atoms with van der Waals surface area (Å²) < 4.78 is 11.0. The Morgan fingerprint density at radius 1 is 0.897 bits per heavy atom. The number of carbonyl (C=O) groups excluding carboxylic acids is 2. The first kappa shape index (κ1) is 26.0. The highest BCUT2D eigenvalue weighted by Crippen LogP contribution is 2.45. The minimum Gasteiger partial charge on any atom is -0.507 e. The molecule has 0 bridgehead atoms. The summed E-state index contributed by atoms with van der Waals surface area (Å²) in [5.74, 6) is -0.286. The fraction of sp³-hybridized carbons (Fsp3) is 0.212. The first-order valence-corrected chi connectivity index (χ1v) is 12.9. The molecular formula is C33H31NO5. The van der Waals surface area contributed by atoms with Gasteiger partial charge in [0.1, 0.15) is 17.3 Å². The maximum Gasteiger partial charge on any atom is 0.300 e. The van der Waals surface area contributed by atoms with Crippen LogP contribution < -0.4 is 14.4 Å². The summed E-state index contributed by atoms with van der Waals surface area (Å²) in [5.41, 5.74) is 3.41. The van der Waals surface area contributed by atoms with Crippen LogP contribution in [0.4, 0.5) is 5.69 Å². The smallest absolute Gasteiger partial charge is 0.300 e. The normalized spacial score (nSPS) is 16.8. The molecule has 1 aliphatic rings. The van der Waals surface area contributed by atoms with E-state index in [1.54, 1.807) is 38.5 Å². The van der Waals surface area contributed by atoms with Crippen LogP contribution in [0.5, 0.6) is 11.5 Å². The van der Waals surface area contributed by atoms with Gasteiger partial charge in [-0.15, -0.1) is 0 Å². The number of methoxy groups -OCH3 is 2. The number of rotatable bonds is 6. The van der Waals surface area contributed by atoms with Gasteiger partial charge in [0, 0.05) is 17.3 Å². The highest BCUT2D eigenvalue weighted by molar-refractivity contribution is 6.52. The Kier molecular flexibility index (Phi) is 6.87. The van der Waals surface area contributed by atoms with Gasteiger partial charge in [-0.25, -0.2) is 0 Å². The number of amides is 1. The monoisotopic (exact) mass is 521 g/mol. The van der Waals surface area contributed by atoms with Gasteiger partial charge in [-0.3, -0.25) is 14.5 Å². The fourth-order valence-corrected chi connectivity index (χ4v) is 5.37. The van der Waals surface area contributed by atoms with Gasteiger partial charge in [0.15, 0.2) is 0 Å². The predicted molar refractivity (Wildman–Crippen MR) is 154 cm³/mol. The SMILES string of the molecule is COc1cccc(N2C(=O)C(=O)/C(=C(/O)c3cc(C(C)C)c(OC)cc3C)C2c2cccc3ccccc23)c1. The number of carbonyl (C=O) groups is 2. The molecule has 1 aliphatic heterocycles. The largest absolute Gasteiger partial charge is 0.507 e. The van der Waals surface area contributed by atoms with Crippen LogP contribution in [0, 0.1) is 6.92 Å². The van der Waals surface area contributed by atoms with Crippen LogP contribution in [-0.4, -0.2) is 31.0 Å². The van der Waals surface area contributed by atoms with Gasteiger partial charge in [-0.05, 0) is 64.6 Å². The van der Waals surface area contributed by atoms with E-state index in [0.717, 1.165) is 27.5 Å². The van der Waals surface area contributed by atoms with Crippen molar-refractivity contribution in [1.29, 1.82) is 0 Å². The number of fused-ring (bicyclic) bond motifs is 1. The number of aryl methyl sites for hydroxylation is 1. The Morgan fingerprint density at radius 2 is 1.62 bits per heavy atom. The van der Waals surface area contributed by atoms with E-state index in [9.17, 15) is 14.7 Å². The quantitative estimate of drug-likeness (QED) is 0.169. The molecule has 1 N–H and O–H groups in total. The zero-order chi connectivity index (χ0) is 27.8. The van der Waals surface area contributed by atoms with Gasteiger partial charge in [0.25, 0.3) is 11.7 Å². The topological polar surface area (TPSA) is 76.1 Å². The second kappa shape index (κ2) is 10.3. The molecule has 1 heterocycles. The van der Waals surface area contributed by atoms with Crippen LogP contribution in [0.3, 0.4) is 0 Å². The van der Waals surface area contributed by atoms with Crippen molar-refractivity contribution in [2.75, 3.05) is 19.1 Å². The van der Waals surface area contributed by atoms with Crippen LogP contribution in [0.25, 0.3) is 16.5 Å². The molecule has 6 nitrogen and oxygen atoms in total. The van der Waals surface area contributed by atoms with E-state index < -0.39 is 17.7 Å². The highest BCUT2D eigenvalue weighted by Gasteiger charge is 2.47. The van der Waals surface area contributed by atoms with Gasteiger partial charge in [0.2, 0.25) is 0 Å². The molecule has 0 aromatic heterocycles. The van der Waals surface area contributed by atoms with Crippen molar-refractivity contribution in [3.8, 4) is 11.5 Å². The summed E-state index contributed by atoms with van der Waals surface area (Å²) in [6, 6.07) is 23.5. The number of Topliss-reactive ketones (excluding diaryl/α,β-unsaturated/α-hetero) is 1. The number of aliphatic hydroxyl groups excluding tert-OH is 1. The molecule has 1 amide bonds. The molecule has 4 aromatic rings. The Labute approximate surface area is 228 Å². The third-order valence-corrected chi connectivity index (χ3v) is 7.35. The van der Waals surface area contributed by atoms with E-state index in [2.05, 4.69) is 0 Å². The zero-order valence-electron chi connectivity index (χ0n) is 22.7. The average molecular weight is 522 g/mol. The van der Waals surface area contributed by atoms with E-state index in [0.29, 0.717) is 22.7 Å². The molecule has 5 rings (SSSR count). The summed E-state index contributed by atoms with van der Waals surface area (Å²) in [5, 5.41) is 13.7. The lowest BCUT2D eigenvalue weighted by Gasteiger charge is -2.27. The predicted octanol–water partition coefficient (Wildman–Crippen LogP) is 6.92. The Bertz CT molecular complexity index is 1630. The van der Waals surface area contributed by atoms with Crippen molar-refractivity contribution < 1.29 is 24.2 Å². The van der Waals surface area contributed by atoms with Crippen LogP contribution >= 0.6 is 0 Å². The molecule has 0 radical (unpaired) electrons. The number of ether oxygens (including phenoxy) is 2. The third kappa shape index (κ3) is 4.42. The van der Waals surface area contributed by atoms with E-state index in [4.69, 9.17) is 9.47 Å². The molecule has 6 heteroatoms. The van der Waals surface area contributed by atoms with Gasteiger partial charge in [-0.1, -0.05) is 62.4 Å². The van der Waals surface area contributed by atoms with Crippen molar-refractivity contribution in [1.82, 2.24) is 0 Å². The maximum absolute atomic E-state index is 13.8. The number of ketones is 1. The molecule has 1 fully saturated rings. The lowest BCUT2D eigenvalue weighted by molar-refractivity contribution is -0.132. The first-order valence-electron chi connectivity index (χ1n) is 12.9. The Balaban J connectivity index is 1.82. The standard InChI is InChI=1S/C33H31NO5/c1-19(2)26-18-27(20(3)16-28(26)39-5)31(35)29-30(25-15-8-11-21-10-6-7-14-24(21)25)34(33(37)32(29)36)22-12-9-13-23(17-22)38-4/h6-19,30,35H,1-5H3/b31-29+. The highest BCUT2D eigenvalue weighted by atomic mass is 16.5. The van der Waals surface area contributed by atoms with E-state index >= 15 is 0 Å². The molecular weight excluding hydrogens is 490 g/mol. The molecule has 1 atom stereocenters. The van der Waals surface area contributed by atoms with Gasteiger partial charge >= 0.3 is 0 Å². The molecule has 4 aromatic carbocycles. The van der Waals surface area contributed by atoms with Crippen molar-refractivity contribution in [2.45, 2.75) is 32.7 Å². The molecule has 39 heavy (non-hydrogen) atoms. The molecule has 198 valence electrons. The Hall–Kier alpha value is -4.58. The fourth-order valence-electron chi connectivity index (χ4n) is 5.37. The molecule has 0 saturated carbocycles. The third-order valence-electron chi connectivity index (χ3n) is 7.35. The summed E-state index contributed by atoms with van der Waals surface area (Å²) in [6.07, 6.45) is 0. The number of nitrogens with zero attached hydrogens (tertiary/aromatic N) is 1. The van der Waals surface area contributed by atoms with Crippen molar-refractivity contribution >= 4 is 33.9 Å². The number of hydrogen-bond donors (Lipinski definition) is 1. The van der Waals surface area contributed by atoms with Crippen LogP contribution in [0.2, 0.25) is 0 Å². The number of hydrogen-bond acceptors (Lipinski definition) is 5. The van der Waals surface area contributed by atoms with Gasteiger partial charge in [0.05, 0.1) is 25.8 Å². The van der Waals surface area contributed by atoms with Crippen molar-refractivity contribution in [3.63, 3.8) is 0 Å². The lowest BCUT2D eigenvalue weighted by atomic mass is 9.89. The van der Waals surface area contributed by atoms with Gasteiger partial charge < -0.3 is 14.6 Å². The lowest BCUT2D eigenvalue weighted by Crippen LogP contribution is -2.29. The van der Waals surface area contributed by atoms with Crippen molar-refractivity contribution in [3.05, 3.63) is 107 Å². The Morgan fingerprint density at radius 3 is 2.33 bits per heavy atom. The summed E-state index contributed by atoms with van der Waals surface area (Å²) in [4.78, 5) is 28.9. The average Bonchev–Trinajstić information content (AvgIpc) is 3.21. The zero-order valence-corrected chi connectivity index (χ0v) is 22.7. The molecule has 1 unspecified atom stereocenters. The van der Waals surface area contributed by atoms with E-state index in [1.807, 2.05) is 75.4 Å². The summed E-state index contributed by atoms with van der Waals surface area (Å²) in [6.45, 7) is 5.93. The number of anilines is 1. The van der Waals surface area contributed by atoms with Crippen LogP contribution in [0.1, 0.15) is 48.1 Å². The van der Waals surface area contributed by atoms with Crippen molar-refractivity contribution in [2.24, 2.45) is 0 Å². The minimum atomic E-state index is -0.854. The summed E-state index contributed by atoms with van der Waals surface area (Å²) >= 11 is 0. The van der Waals surface area contributed by atoms with Crippen LogP contribution in [0.15, 0.2) is 84.4 Å². The number of aliphatic hydroxyl groups is 1. The van der Waals surface area contributed by atoms with E-state index in [1.165, 1.54) is 4.90 Å². The first-order chi connectivity index (χ1) is 18.8. The maximum atomic E-state index is 13.8. The van der Waals surface area contributed by atoms with Gasteiger partial charge in [-0.2, -0.15) is 0 Å².